The molecule has 0 saturated heterocycles. The number of aromatic nitrogens is 1. The zero-order valence-corrected chi connectivity index (χ0v) is 17.5. The summed E-state index contributed by atoms with van der Waals surface area (Å²) in [5.41, 5.74) is 1.65. The lowest BCUT2D eigenvalue weighted by molar-refractivity contribution is 0.102. The molecule has 0 aliphatic carbocycles. The van der Waals surface area contributed by atoms with Crippen LogP contribution in [0.1, 0.15) is 26.5 Å². The van der Waals surface area contributed by atoms with Crippen LogP contribution in [0.5, 0.6) is 0 Å². The minimum Gasteiger partial charge on any atom is -0.298 e. The molecule has 0 fully saturated rings. The van der Waals surface area contributed by atoms with Crippen LogP contribution in [0.3, 0.4) is 0 Å². The normalized spacial score (nSPS) is 14.4. The summed E-state index contributed by atoms with van der Waals surface area (Å²) in [4.78, 5) is 17.6. The smallest absolute Gasteiger partial charge is 0.257 e. The lowest BCUT2D eigenvalue weighted by atomic mass is 10.2. The number of halogens is 2. The van der Waals surface area contributed by atoms with Crippen LogP contribution in [-0.2, 0) is 23.0 Å². The third-order valence-electron chi connectivity index (χ3n) is 4.76. The lowest BCUT2D eigenvalue weighted by Gasteiger charge is -2.25. The SMILES string of the molecule is Cc1ccc(S(=O)(=O)N2CCc3nc(NC(=O)c4ccc(F)c(F)c4)sc3C2)cc1. The van der Waals surface area contributed by atoms with Gasteiger partial charge in [0.2, 0.25) is 10.0 Å². The summed E-state index contributed by atoms with van der Waals surface area (Å²) in [5.74, 6) is -2.77. The molecule has 1 amide bonds. The van der Waals surface area contributed by atoms with Crippen molar-refractivity contribution in [3.05, 3.63) is 75.8 Å². The predicted molar refractivity (Wildman–Crippen MR) is 109 cm³/mol. The zero-order chi connectivity index (χ0) is 21.5. The number of nitrogens with zero attached hydrogens (tertiary/aromatic N) is 2. The maximum atomic E-state index is 13.4. The molecule has 156 valence electrons. The summed E-state index contributed by atoms with van der Waals surface area (Å²) in [6, 6.07) is 9.54. The highest BCUT2D eigenvalue weighted by atomic mass is 32.2. The monoisotopic (exact) mass is 449 g/mol. The van der Waals surface area contributed by atoms with Crippen molar-refractivity contribution < 1.29 is 22.0 Å². The Kier molecular flexibility index (Phi) is 5.39. The number of thiazole rings is 1. The van der Waals surface area contributed by atoms with Crippen molar-refractivity contribution in [2.45, 2.75) is 24.8 Å². The Bertz CT molecular complexity index is 1220. The highest BCUT2D eigenvalue weighted by Crippen LogP contribution is 2.31. The Morgan fingerprint density at radius 1 is 1.13 bits per heavy atom. The molecule has 10 heteroatoms. The third kappa shape index (κ3) is 3.98. The Labute approximate surface area is 176 Å². The standard InChI is InChI=1S/C20H17F2N3O3S2/c1-12-2-5-14(6-3-12)30(27,28)25-9-8-17-18(11-25)29-20(23-17)24-19(26)13-4-7-15(21)16(22)10-13/h2-7,10H,8-9,11H2,1H3,(H,23,24,26). The quantitative estimate of drug-likeness (QED) is 0.658. The number of rotatable bonds is 4. The Hall–Kier alpha value is -2.69. The molecule has 0 radical (unpaired) electrons. The van der Waals surface area contributed by atoms with Crippen LogP contribution in [0.25, 0.3) is 0 Å². The highest BCUT2D eigenvalue weighted by Gasteiger charge is 2.30. The van der Waals surface area contributed by atoms with E-state index in [9.17, 15) is 22.0 Å². The summed E-state index contributed by atoms with van der Waals surface area (Å²) in [6.45, 7) is 2.32. The van der Waals surface area contributed by atoms with Crippen LogP contribution in [-0.4, -0.2) is 30.2 Å². The fourth-order valence-electron chi connectivity index (χ4n) is 3.10. The number of aryl methyl sites for hydroxylation is 1. The second-order valence-electron chi connectivity index (χ2n) is 6.87. The van der Waals surface area contributed by atoms with Gasteiger partial charge in [-0.25, -0.2) is 22.2 Å². The zero-order valence-electron chi connectivity index (χ0n) is 15.9. The molecule has 1 aromatic heterocycles. The first-order chi connectivity index (χ1) is 14.2. The second-order valence-corrected chi connectivity index (χ2v) is 9.90. The molecule has 1 aliphatic rings. The molecule has 0 bridgehead atoms. The minimum absolute atomic E-state index is 0.0364. The van der Waals surface area contributed by atoms with Gasteiger partial charge in [-0.1, -0.05) is 17.7 Å². The fraction of sp³-hybridized carbons (Fsp3) is 0.200. The summed E-state index contributed by atoms with van der Waals surface area (Å²) in [5, 5.41) is 2.85. The van der Waals surface area contributed by atoms with Gasteiger partial charge in [0.15, 0.2) is 16.8 Å². The van der Waals surface area contributed by atoms with E-state index in [1.165, 1.54) is 21.7 Å². The van der Waals surface area contributed by atoms with Crippen molar-refractivity contribution in [2.75, 3.05) is 11.9 Å². The molecule has 1 aliphatic heterocycles. The Balaban J connectivity index is 1.51. The summed E-state index contributed by atoms with van der Waals surface area (Å²) in [7, 11) is -3.64. The summed E-state index contributed by atoms with van der Waals surface area (Å²) in [6.07, 6.45) is 0.415. The first-order valence-corrected chi connectivity index (χ1v) is 11.3. The van der Waals surface area contributed by atoms with Gasteiger partial charge in [-0.15, -0.1) is 11.3 Å². The molecule has 1 N–H and O–H groups in total. The molecule has 2 aromatic carbocycles. The minimum atomic E-state index is -3.64. The average Bonchev–Trinajstić information content (AvgIpc) is 3.11. The molecule has 0 spiro atoms. The Morgan fingerprint density at radius 3 is 2.57 bits per heavy atom. The molecule has 0 unspecified atom stereocenters. The number of hydrogen-bond acceptors (Lipinski definition) is 5. The van der Waals surface area contributed by atoms with Crippen LogP contribution in [0, 0.1) is 18.6 Å². The van der Waals surface area contributed by atoms with Crippen LogP contribution in [0.15, 0.2) is 47.4 Å². The van der Waals surface area contributed by atoms with E-state index in [0.717, 1.165) is 28.3 Å². The topological polar surface area (TPSA) is 79.4 Å². The number of amides is 1. The summed E-state index contributed by atoms with van der Waals surface area (Å²) >= 11 is 1.17. The van der Waals surface area contributed by atoms with E-state index in [0.29, 0.717) is 6.42 Å². The van der Waals surface area contributed by atoms with Gasteiger partial charge in [-0.3, -0.25) is 10.1 Å². The number of hydrogen-bond donors (Lipinski definition) is 1. The molecule has 0 saturated carbocycles. The van der Waals surface area contributed by atoms with Crippen molar-refractivity contribution in [2.24, 2.45) is 0 Å². The lowest BCUT2D eigenvalue weighted by Crippen LogP contribution is -2.35. The molecule has 4 rings (SSSR count). The molecule has 0 atom stereocenters. The van der Waals surface area contributed by atoms with E-state index in [4.69, 9.17) is 0 Å². The van der Waals surface area contributed by atoms with E-state index in [-0.39, 0.29) is 28.7 Å². The van der Waals surface area contributed by atoms with Gasteiger partial charge in [0.1, 0.15) is 0 Å². The third-order valence-corrected chi connectivity index (χ3v) is 7.61. The largest absolute Gasteiger partial charge is 0.298 e. The van der Waals surface area contributed by atoms with Crippen LogP contribution < -0.4 is 5.32 Å². The van der Waals surface area contributed by atoms with Crippen molar-refractivity contribution in [3.63, 3.8) is 0 Å². The van der Waals surface area contributed by atoms with Gasteiger partial charge in [-0.05, 0) is 37.3 Å². The van der Waals surface area contributed by atoms with Gasteiger partial charge in [0.05, 0.1) is 17.1 Å². The van der Waals surface area contributed by atoms with Crippen molar-refractivity contribution in [3.8, 4) is 0 Å². The number of anilines is 1. The van der Waals surface area contributed by atoms with E-state index < -0.39 is 27.6 Å². The van der Waals surface area contributed by atoms with E-state index >= 15 is 0 Å². The van der Waals surface area contributed by atoms with Gasteiger partial charge >= 0.3 is 0 Å². The molecule has 6 nitrogen and oxygen atoms in total. The summed E-state index contributed by atoms with van der Waals surface area (Å²) < 4.78 is 53.6. The number of carbonyl (C=O) groups is 1. The van der Waals surface area contributed by atoms with Crippen molar-refractivity contribution in [1.29, 1.82) is 0 Å². The first-order valence-electron chi connectivity index (χ1n) is 9.06. The fourth-order valence-corrected chi connectivity index (χ4v) is 5.61. The number of carbonyl (C=O) groups excluding carboxylic acids is 1. The average molecular weight is 450 g/mol. The van der Waals surface area contributed by atoms with Crippen molar-refractivity contribution >= 4 is 32.4 Å². The van der Waals surface area contributed by atoms with Crippen LogP contribution in [0.4, 0.5) is 13.9 Å². The number of nitrogens with one attached hydrogen (secondary N) is 1. The van der Waals surface area contributed by atoms with Gasteiger partial charge < -0.3 is 0 Å². The van der Waals surface area contributed by atoms with Gasteiger partial charge in [0.25, 0.3) is 5.91 Å². The highest BCUT2D eigenvalue weighted by molar-refractivity contribution is 7.89. The van der Waals surface area contributed by atoms with E-state index in [1.807, 2.05) is 6.92 Å². The number of sulfonamides is 1. The van der Waals surface area contributed by atoms with Crippen LogP contribution >= 0.6 is 11.3 Å². The molecule has 30 heavy (non-hydrogen) atoms. The predicted octanol–water partition coefficient (Wildman–Crippen LogP) is 3.73. The number of fused-ring (bicyclic) bond motifs is 1. The first kappa shape index (κ1) is 20.6. The number of benzene rings is 2. The molecule has 2 heterocycles. The van der Waals surface area contributed by atoms with Crippen LogP contribution in [0.2, 0.25) is 0 Å². The van der Waals surface area contributed by atoms with E-state index in [2.05, 4.69) is 10.3 Å². The second kappa shape index (κ2) is 7.86. The van der Waals surface area contributed by atoms with Gasteiger partial charge in [0, 0.05) is 23.4 Å². The maximum Gasteiger partial charge on any atom is 0.257 e. The molecular weight excluding hydrogens is 432 g/mol. The molecular formula is C20H17F2N3O3S2. The Morgan fingerprint density at radius 2 is 1.87 bits per heavy atom. The van der Waals surface area contributed by atoms with E-state index in [1.54, 1.807) is 24.3 Å². The van der Waals surface area contributed by atoms with Gasteiger partial charge in [-0.2, -0.15) is 4.31 Å². The molecule has 3 aromatic rings. The maximum absolute atomic E-state index is 13.4. The van der Waals surface area contributed by atoms with Crippen molar-refractivity contribution in [1.82, 2.24) is 9.29 Å².